The molecule has 0 heterocycles. The van der Waals surface area contributed by atoms with E-state index in [2.05, 4.69) is 0 Å². The van der Waals surface area contributed by atoms with E-state index in [-0.39, 0.29) is 18.0 Å². The smallest absolute Gasteiger partial charge is 0.164 e. The summed E-state index contributed by atoms with van der Waals surface area (Å²) in [5.41, 5.74) is 6.22. The number of halogens is 1. The highest BCUT2D eigenvalue weighted by atomic mass is 19.1. The van der Waals surface area contributed by atoms with Gasteiger partial charge in [-0.1, -0.05) is 0 Å². The summed E-state index contributed by atoms with van der Waals surface area (Å²) in [5, 5.41) is 0. The average molecular weight is 209 g/mol. The molecule has 0 aromatic heterocycles. The summed E-state index contributed by atoms with van der Waals surface area (Å²) >= 11 is 0. The summed E-state index contributed by atoms with van der Waals surface area (Å²) < 4.78 is 13.0. The Labute approximate surface area is 89.3 Å². The van der Waals surface area contributed by atoms with Crippen LogP contribution in [0, 0.1) is 12.7 Å². The van der Waals surface area contributed by atoms with E-state index < -0.39 is 5.54 Å². The van der Waals surface area contributed by atoms with E-state index in [0.29, 0.717) is 11.1 Å². The molecule has 0 amide bonds. The van der Waals surface area contributed by atoms with Crippen LogP contribution in [-0.4, -0.2) is 11.3 Å². The maximum Gasteiger partial charge on any atom is 0.164 e. The van der Waals surface area contributed by atoms with Gasteiger partial charge in [0.05, 0.1) is 0 Å². The Hall–Kier alpha value is -1.22. The Balaban J connectivity index is 2.88. The summed E-state index contributed by atoms with van der Waals surface area (Å²) in [4.78, 5) is 11.7. The Morgan fingerprint density at radius 3 is 2.53 bits per heavy atom. The molecule has 0 bridgehead atoms. The molecule has 1 aromatic rings. The van der Waals surface area contributed by atoms with E-state index in [0.717, 1.165) is 0 Å². The Kier molecular flexibility index (Phi) is 3.25. The molecule has 82 valence electrons. The molecule has 2 nitrogen and oxygen atoms in total. The lowest BCUT2D eigenvalue weighted by Gasteiger charge is -2.17. The molecule has 0 unspecified atom stereocenters. The van der Waals surface area contributed by atoms with E-state index in [1.165, 1.54) is 12.1 Å². The van der Waals surface area contributed by atoms with E-state index in [4.69, 9.17) is 5.73 Å². The van der Waals surface area contributed by atoms with Gasteiger partial charge in [0.15, 0.2) is 5.78 Å². The van der Waals surface area contributed by atoms with Crippen LogP contribution in [0.25, 0.3) is 0 Å². The SMILES string of the molecule is Cc1cc(C(=O)CC(C)(C)N)ccc1F. The fraction of sp³-hybridized carbons (Fsp3) is 0.417. The highest BCUT2D eigenvalue weighted by molar-refractivity contribution is 5.96. The standard InChI is InChI=1S/C12H16FNO/c1-8-6-9(4-5-10(8)13)11(15)7-12(2,3)14/h4-6H,7,14H2,1-3H3. The van der Waals surface area contributed by atoms with Gasteiger partial charge in [0, 0.05) is 17.5 Å². The second-order valence-corrected chi connectivity index (χ2v) is 4.55. The molecule has 0 spiro atoms. The summed E-state index contributed by atoms with van der Waals surface area (Å²) in [6, 6.07) is 4.37. The van der Waals surface area contributed by atoms with Crippen LogP contribution in [0.15, 0.2) is 18.2 Å². The third-order valence-corrected chi connectivity index (χ3v) is 2.10. The molecule has 1 aromatic carbocycles. The van der Waals surface area contributed by atoms with Crippen molar-refractivity contribution in [3.8, 4) is 0 Å². The van der Waals surface area contributed by atoms with Gasteiger partial charge in [-0.25, -0.2) is 4.39 Å². The van der Waals surface area contributed by atoms with E-state index in [1.807, 2.05) is 0 Å². The van der Waals surface area contributed by atoms with Crippen molar-refractivity contribution in [3.05, 3.63) is 35.1 Å². The van der Waals surface area contributed by atoms with Crippen LogP contribution in [-0.2, 0) is 0 Å². The zero-order chi connectivity index (χ0) is 11.6. The Morgan fingerprint density at radius 2 is 2.07 bits per heavy atom. The lowest BCUT2D eigenvalue weighted by molar-refractivity contribution is 0.0960. The number of nitrogens with two attached hydrogens (primary N) is 1. The van der Waals surface area contributed by atoms with Gasteiger partial charge in [0.2, 0.25) is 0 Å². The predicted molar refractivity (Wildman–Crippen MR) is 58.4 cm³/mol. The van der Waals surface area contributed by atoms with Crippen molar-refractivity contribution in [1.29, 1.82) is 0 Å². The highest BCUT2D eigenvalue weighted by Crippen LogP contribution is 2.14. The number of carbonyl (C=O) groups excluding carboxylic acids is 1. The minimum absolute atomic E-state index is 0.0504. The van der Waals surface area contributed by atoms with Crippen molar-refractivity contribution in [3.63, 3.8) is 0 Å². The van der Waals surface area contributed by atoms with Gasteiger partial charge < -0.3 is 5.73 Å². The first kappa shape index (κ1) is 11.9. The van der Waals surface area contributed by atoms with Crippen molar-refractivity contribution in [2.24, 2.45) is 5.73 Å². The molecule has 2 N–H and O–H groups in total. The number of hydrogen-bond donors (Lipinski definition) is 1. The molecule has 0 atom stereocenters. The van der Waals surface area contributed by atoms with E-state index >= 15 is 0 Å². The number of Topliss-reactive ketones (excluding diaryl/α,β-unsaturated/α-hetero) is 1. The number of aryl methyl sites for hydroxylation is 1. The van der Waals surface area contributed by atoms with Crippen molar-refractivity contribution in [2.45, 2.75) is 32.7 Å². The molecule has 15 heavy (non-hydrogen) atoms. The average Bonchev–Trinajstić information content (AvgIpc) is 2.06. The van der Waals surface area contributed by atoms with Crippen molar-refractivity contribution >= 4 is 5.78 Å². The molecule has 0 saturated heterocycles. The minimum atomic E-state index is -0.528. The second-order valence-electron chi connectivity index (χ2n) is 4.55. The number of benzene rings is 1. The first-order valence-electron chi connectivity index (χ1n) is 4.88. The normalized spacial score (nSPS) is 11.5. The lowest BCUT2D eigenvalue weighted by atomic mass is 9.95. The molecular weight excluding hydrogens is 193 g/mol. The second kappa shape index (κ2) is 4.11. The molecule has 0 aliphatic rings. The molecule has 0 aliphatic heterocycles. The predicted octanol–water partition coefficient (Wildman–Crippen LogP) is 2.44. The third kappa shape index (κ3) is 3.44. The van der Waals surface area contributed by atoms with Crippen molar-refractivity contribution < 1.29 is 9.18 Å². The van der Waals surface area contributed by atoms with Gasteiger partial charge in [-0.3, -0.25) is 4.79 Å². The number of rotatable bonds is 3. The van der Waals surface area contributed by atoms with Crippen LogP contribution in [0.2, 0.25) is 0 Å². The Morgan fingerprint density at radius 1 is 1.47 bits per heavy atom. The van der Waals surface area contributed by atoms with Crippen LogP contribution < -0.4 is 5.73 Å². The van der Waals surface area contributed by atoms with Crippen LogP contribution >= 0.6 is 0 Å². The van der Waals surface area contributed by atoms with E-state index in [1.54, 1.807) is 26.8 Å². The lowest BCUT2D eigenvalue weighted by Crippen LogP contribution is -2.34. The van der Waals surface area contributed by atoms with Crippen LogP contribution in [0.4, 0.5) is 4.39 Å². The fourth-order valence-corrected chi connectivity index (χ4v) is 1.33. The van der Waals surface area contributed by atoms with Crippen LogP contribution in [0.5, 0.6) is 0 Å². The van der Waals surface area contributed by atoms with Crippen LogP contribution in [0.1, 0.15) is 36.2 Å². The van der Waals surface area contributed by atoms with Gasteiger partial charge in [-0.05, 0) is 44.5 Å². The molecule has 3 heteroatoms. The quantitative estimate of drug-likeness (QED) is 0.777. The molecule has 0 fully saturated rings. The molecule has 0 aliphatic carbocycles. The topological polar surface area (TPSA) is 43.1 Å². The minimum Gasteiger partial charge on any atom is -0.325 e. The monoisotopic (exact) mass is 209 g/mol. The van der Waals surface area contributed by atoms with Crippen molar-refractivity contribution in [2.75, 3.05) is 0 Å². The summed E-state index contributed by atoms with van der Waals surface area (Å²) in [7, 11) is 0. The zero-order valence-electron chi connectivity index (χ0n) is 9.30. The summed E-state index contributed by atoms with van der Waals surface area (Å²) in [6.45, 7) is 5.22. The number of carbonyl (C=O) groups is 1. The summed E-state index contributed by atoms with van der Waals surface area (Å²) in [5.74, 6) is -0.343. The Bertz CT molecular complexity index is 380. The molecule has 1 rings (SSSR count). The number of hydrogen-bond acceptors (Lipinski definition) is 2. The maximum absolute atomic E-state index is 13.0. The zero-order valence-corrected chi connectivity index (χ0v) is 9.30. The molecule has 0 radical (unpaired) electrons. The van der Waals surface area contributed by atoms with E-state index in [9.17, 15) is 9.18 Å². The molecule has 0 saturated carbocycles. The number of ketones is 1. The van der Waals surface area contributed by atoms with Gasteiger partial charge in [-0.2, -0.15) is 0 Å². The first-order valence-corrected chi connectivity index (χ1v) is 4.88. The van der Waals surface area contributed by atoms with Gasteiger partial charge in [0.1, 0.15) is 5.82 Å². The summed E-state index contributed by atoms with van der Waals surface area (Å²) in [6.07, 6.45) is 0.262. The molecular formula is C12H16FNO. The van der Waals surface area contributed by atoms with Crippen LogP contribution in [0.3, 0.4) is 0 Å². The highest BCUT2D eigenvalue weighted by Gasteiger charge is 2.18. The fourth-order valence-electron chi connectivity index (χ4n) is 1.33. The largest absolute Gasteiger partial charge is 0.325 e. The third-order valence-electron chi connectivity index (χ3n) is 2.10. The maximum atomic E-state index is 13.0. The van der Waals surface area contributed by atoms with Gasteiger partial charge in [0.25, 0.3) is 0 Å². The van der Waals surface area contributed by atoms with Gasteiger partial charge >= 0.3 is 0 Å². The van der Waals surface area contributed by atoms with Crippen molar-refractivity contribution in [1.82, 2.24) is 0 Å². The van der Waals surface area contributed by atoms with Gasteiger partial charge in [-0.15, -0.1) is 0 Å². The first-order chi connectivity index (χ1) is 6.79.